The molecule has 1 aromatic carbocycles. The van der Waals surface area contributed by atoms with Gasteiger partial charge in [0.1, 0.15) is 5.75 Å². The number of methoxy groups -OCH3 is 1. The van der Waals surface area contributed by atoms with Gasteiger partial charge in [0.25, 0.3) is 0 Å². The number of likely N-dealkylation sites (tertiary alicyclic amines) is 1. The Morgan fingerprint density at radius 2 is 2.12 bits per heavy atom. The lowest BCUT2D eigenvalue weighted by atomic mass is 9.49. The van der Waals surface area contributed by atoms with E-state index in [1.54, 1.807) is 18.2 Å². The van der Waals surface area contributed by atoms with Crippen molar-refractivity contribution < 1.29 is 4.74 Å². The summed E-state index contributed by atoms with van der Waals surface area (Å²) in [5.41, 5.74) is 4.94. The van der Waals surface area contributed by atoms with Gasteiger partial charge in [-0.25, -0.2) is 0 Å². The van der Waals surface area contributed by atoms with E-state index in [1.165, 1.54) is 63.6 Å². The first-order valence-corrected chi connectivity index (χ1v) is 10.7. The zero-order valence-corrected chi connectivity index (χ0v) is 16.5. The zero-order chi connectivity index (χ0) is 17.9. The van der Waals surface area contributed by atoms with Gasteiger partial charge in [0.15, 0.2) is 0 Å². The number of fused-ring (bicyclic) bond motifs is 1. The second-order valence-electron chi connectivity index (χ2n) is 9.63. The van der Waals surface area contributed by atoms with Crippen LogP contribution in [0.1, 0.15) is 56.6 Å². The van der Waals surface area contributed by atoms with Crippen molar-refractivity contribution in [1.29, 1.82) is 0 Å². The van der Waals surface area contributed by atoms with Crippen molar-refractivity contribution in [3.63, 3.8) is 0 Å². The van der Waals surface area contributed by atoms with E-state index in [2.05, 4.69) is 36.6 Å². The molecule has 0 aromatic heterocycles. The van der Waals surface area contributed by atoms with Crippen LogP contribution in [0.3, 0.4) is 0 Å². The molecule has 1 aliphatic heterocycles. The Morgan fingerprint density at radius 3 is 2.85 bits per heavy atom. The first-order chi connectivity index (χ1) is 12.6. The third-order valence-electron chi connectivity index (χ3n) is 8.16. The molecule has 3 aliphatic carbocycles. The molecule has 2 bridgehead atoms. The molecule has 1 saturated heterocycles. The molecular weight excluding hydrogens is 318 g/mol. The van der Waals surface area contributed by atoms with Gasteiger partial charge in [-0.2, -0.15) is 0 Å². The Morgan fingerprint density at radius 1 is 1.27 bits per heavy atom. The van der Waals surface area contributed by atoms with Crippen molar-refractivity contribution in [3.8, 4) is 5.75 Å². The van der Waals surface area contributed by atoms with Crippen LogP contribution < -0.4 is 4.74 Å². The lowest BCUT2D eigenvalue weighted by Gasteiger charge is -2.62. The molecule has 1 heterocycles. The summed E-state index contributed by atoms with van der Waals surface area (Å²) in [6.07, 6.45) is 9.31. The van der Waals surface area contributed by atoms with Gasteiger partial charge in [0.2, 0.25) is 0 Å². The second kappa shape index (κ2) is 6.12. The number of nitrogens with zero attached hydrogens (tertiary/aromatic N) is 1. The number of allylic oxidation sites excluding steroid dienone is 1. The smallest absolute Gasteiger partial charge is 0.119 e. The van der Waals surface area contributed by atoms with E-state index in [1.807, 2.05) is 0 Å². The van der Waals surface area contributed by atoms with Gasteiger partial charge in [0.05, 0.1) is 7.11 Å². The molecule has 0 radical (unpaired) electrons. The molecule has 1 unspecified atom stereocenters. The van der Waals surface area contributed by atoms with Crippen molar-refractivity contribution in [2.24, 2.45) is 17.8 Å². The normalized spacial score (nSPS) is 36.8. The number of ether oxygens (including phenoxy) is 1. The average Bonchev–Trinajstić information content (AvgIpc) is 2.58. The Labute approximate surface area is 158 Å². The van der Waals surface area contributed by atoms with E-state index < -0.39 is 0 Å². The first kappa shape index (κ1) is 16.9. The molecule has 0 amide bonds. The fourth-order valence-electron chi connectivity index (χ4n) is 6.95. The van der Waals surface area contributed by atoms with Gasteiger partial charge >= 0.3 is 0 Å². The first-order valence-electron chi connectivity index (χ1n) is 10.7. The number of piperidine rings is 1. The molecule has 4 atom stereocenters. The van der Waals surface area contributed by atoms with Crippen LogP contribution in [0.2, 0.25) is 0 Å². The Kier molecular flexibility index (Phi) is 3.97. The topological polar surface area (TPSA) is 12.5 Å². The minimum atomic E-state index is 0.303. The summed E-state index contributed by atoms with van der Waals surface area (Å²) in [6, 6.07) is 7.62. The Hall–Kier alpha value is -1.28. The summed E-state index contributed by atoms with van der Waals surface area (Å²) in [7, 11) is 1.80. The molecule has 26 heavy (non-hydrogen) atoms. The number of benzene rings is 1. The summed E-state index contributed by atoms with van der Waals surface area (Å²) in [4.78, 5) is 2.89. The summed E-state index contributed by atoms with van der Waals surface area (Å²) >= 11 is 0. The highest BCUT2D eigenvalue weighted by molar-refractivity contribution is 5.47. The highest BCUT2D eigenvalue weighted by Gasteiger charge is 2.56. The Bertz CT molecular complexity index is 721. The van der Waals surface area contributed by atoms with Crippen LogP contribution in [0, 0.1) is 17.8 Å². The fourth-order valence-corrected chi connectivity index (χ4v) is 6.95. The minimum absolute atomic E-state index is 0.303. The molecule has 2 nitrogen and oxygen atoms in total. The molecule has 0 spiro atoms. The maximum atomic E-state index is 5.61. The maximum absolute atomic E-state index is 5.61. The predicted octanol–water partition coefficient (Wildman–Crippen LogP) is 4.97. The molecule has 140 valence electrons. The van der Waals surface area contributed by atoms with Crippen LogP contribution in [0.4, 0.5) is 0 Å². The van der Waals surface area contributed by atoms with E-state index in [-0.39, 0.29) is 0 Å². The minimum Gasteiger partial charge on any atom is -0.497 e. The molecule has 3 fully saturated rings. The van der Waals surface area contributed by atoms with E-state index in [0.29, 0.717) is 5.41 Å². The fraction of sp³-hybridized carbons (Fsp3) is 0.667. The van der Waals surface area contributed by atoms with Gasteiger partial charge in [0, 0.05) is 18.0 Å². The van der Waals surface area contributed by atoms with Crippen LogP contribution in [0.15, 0.2) is 30.4 Å². The standard InChI is InChI=1S/C24H33NO/c1-16-11-17(2)23-22-12-19-7-8-20(26-3)13-21(19)24(23,14-16)9-10-25(22)15-18-5-4-6-18/h7-8,13,17-18,22-23H,1,4-6,9-12,14-15H2,2-3H3/t17?,22-,23+,24-/m1/s1. The maximum Gasteiger partial charge on any atom is 0.119 e. The predicted molar refractivity (Wildman–Crippen MR) is 107 cm³/mol. The highest BCUT2D eigenvalue weighted by Crippen LogP contribution is 2.59. The van der Waals surface area contributed by atoms with Crippen molar-refractivity contribution in [2.45, 2.75) is 63.3 Å². The molecule has 4 aliphatic rings. The lowest BCUT2D eigenvalue weighted by molar-refractivity contribution is -0.0376. The number of hydrogen-bond donors (Lipinski definition) is 0. The Balaban J connectivity index is 1.58. The van der Waals surface area contributed by atoms with Gasteiger partial charge in [-0.1, -0.05) is 31.6 Å². The summed E-state index contributed by atoms with van der Waals surface area (Å²) in [5.74, 6) is 3.51. The van der Waals surface area contributed by atoms with E-state index in [4.69, 9.17) is 4.74 Å². The molecule has 2 saturated carbocycles. The summed E-state index contributed by atoms with van der Waals surface area (Å²) < 4.78 is 5.61. The van der Waals surface area contributed by atoms with Crippen molar-refractivity contribution in [1.82, 2.24) is 4.90 Å². The van der Waals surface area contributed by atoms with E-state index >= 15 is 0 Å². The van der Waals surface area contributed by atoms with Crippen LogP contribution in [0.25, 0.3) is 0 Å². The monoisotopic (exact) mass is 351 g/mol. The highest BCUT2D eigenvalue weighted by atomic mass is 16.5. The molecular formula is C24H33NO. The van der Waals surface area contributed by atoms with Crippen LogP contribution >= 0.6 is 0 Å². The quantitative estimate of drug-likeness (QED) is 0.713. The number of rotatable bonds is 3. The molecule has 5 rings (SSSR count). The van der Waals surface area contributed by atoms with Gasteiger partial charge in [-0.3, -0.25) is 4.90 Å². The van der Waals surface area contributed by atoms with E-state index in [0.717, 1.165) is 29.5 Å². The zero-order valence-electron chi connectivity index (χ0n) is 16.5. The summed E-state index contributed by atoms with van der Waals surface area (Å²) in [5, 5.41) is 0. The second-order valence-corrected chi connectivity index (χ2v) is 9.63. The van der Waals surface area contributed by atoms with Gasteiger partial charge < -0.3 is 4.74 Å². The number of hydrogen-bond acceptors (Lipinski definition) is 2. The van der Waals surface area contributed by atoms with E-state index in [9.17, 15) is 0 Å². The molecule has 2 heteroatoms. The molecule has 0 N–H and O–H groups in total. The SMILES string of the molecule is C=C1CC(C)[C@H]2[C@H]3Cc4ccc(OC)cc4[C@@]2(CCN3CC2CCC2)C1. The van der Waals surface area contributed by atoms with Crippen molar-refractivity contribution in [3.05, 3.63) is 41.5 Å². The van der Waals surface area contributed by atoms with Crippen LogP contribution in [-0.2, 0) is 11.8 Å². The third-order valence-corrected chi connectivity index (χ3v) is 8.16. The van der Waals surface area contributed by atoms with Crippen molar-refractivity contribution >= 4 is 0 Å². The molecule has 1 aromatic rings. The van der Waals surface area contributed by atoms with Gasteiger partial charge in [-0.05, 0) is 86.1 Å². The third kappa shape index (κ3) is 2.41. The lowest BCUT2D eigenvalue weighted by Crippen LogP contribution is -2.63. The van der Waals surface area contributed by atoms with Gasteiger partial charge in [-0.15, -0.1) is 0 Å². The largest absolute Gasteiger partial charge is 0.497 e. The van der Waals surface area contributed by atoms with Crippen molar-refractivity contribution in [2.75, 3.05) is 20.2 Å². The summed E-state index contributed by atoms with van der Waals surface area (Å²) in [6.45, 7) is 9.57. The average molecular weight is 352 g/mol. The van der Waals surface area contributed by atoms with Crippen LogP contribution in [0.5, 0.6) is 5.75 Å². The van der Waals surface area contributed by atoms with Crippen LogP contribution in [-0.4, -0.2) is 31.1 Å².